The maximum absolute atomic E-state index is 12.5. The van der Waals surface area contributed by atoms with Gasteiger partial charge in [-0.3, -0.25) is 14.4 Å². The van der Waals surface area contributed by atoms with E-state index in [0.717, 1.165) is 16.8 Å². The van der Waals surface area contributed by atoms with Crippen LogP contribution in [0.1, 0.15) is 13.8 Å². The molecule has 1 aromatic heterocycles. The molecule has 0 fully saturated rings. The van der Waals surface area contributed by atoms with Gasteiger partial charge in [0.25, 0.3) is 11.5 Å². The normalized spacial score (nSPS) is 11.0. The topological polar surface area (TPSA) is 115 Å². The number of esters is 1. The van der Waals surface area contributed by atoms with E-state index in [9.17, 15) is 22.8 Å². The first-order chi connectivity index (χ1) is 12.3. The SMILES string of the molecule is C#CCNC(=O)COC(=O)Cn1cc(S(=O)(=O)N(CC)CC)ccc1=O. The maximum atomic E-state index is 12.5. The molecule has 1 amide bonds. The number of hydrogen-bond donors (Lipinski definition) is 1. The van der Waals surface area contributed by atoms with Crippen molar-refractivity contribution >= 4 is 21.9 Å². The van der Waals surface area contributed by atoms with E-state index in [4.69, 9.17) is 11.2 Å². The third-order valence-corrected chi connectivity index (χ3v) is 5.38. The van der Waals surface area contributed by atoms with E-state index in [2.05, 4.69) is 11.2 Å². The second kappa shape index (κ2) is 9.74. The summed E-state index contributed by atoms with van der Waals surface area (Å²) in [4.78, 5) is 34.9. The van der Waals surface area contributed by atoms with E-state index in [0.29, 0.717) is 0 Å². The highest BCUT2D eigenvalue weighted by molar-refractivity contribution is 7.89. The molecule has 1 N–H and O–H groups in total. The number of nitrogens with one attached hydrogen (secondary N) is 1. The lowest BCUT2D eigenvalue weighted by atomic mass is 10.4. The summed E-state index contributed by atoms with van der Waals surface area (Å²) < 4.78 is 31.8. The van der Waals surface area contributed by atoms with Crippen LogP contribution in [-0.2, 0) is 30.9 Å². The van der Waals surface area contributed by atoms with Crippen molar-refractivity contribution in [1.82, 2.24) is 14.2 Å². The van der Waals surface area contributed by atoms with Gasteiger partial charge in [0.1, 0.15) is 6.54 Å². The molecule has 1 aromatic rings. The van der Waals surface area contributed by atoms with E-state index in [1.165, 1.54) is 10.4 Å². The van der Waals surface area contributed by atoms with Crippen molar-refractivity contribution in [3.8, 4) is 12.3 Å². The Kier molecular flexibility index (Phi) is 8.02. The largest absolute Gasteiger partial charge is 0.454 e. The van der Waals surface area contributed by atoms with Gasteiger partial charge < -0.3 is 14.6 Å². The molecule has 0 saturated heterocycles. The Bertz CT molecular complexity index is 849. The quantitative estimate of drug-likeness (QED) is 0.440. The summed E-state index contributed by atoms with van der Waals surface area (Å²) in [5.74, 6) is 0.751. The number of carbonyl (C=O) groups is 2. The minimum atomic E-state index is -3.77. The van der Waals surface area contributed by atoms with E-state index in [1.807, 2.05) is 0 Å². The minimum Gasteiger partial charge on any atom is -0.454 e. The molecule has 0 aliphatic rings. The van der Waals surface area contributed by atoms with Crippen molar-refractivity contribution in [1.29, 1.82) is 0 Å². The van der Waals surface area contributed by atoms with Crippen LogP contribution < -0.4 is 10.9 Å². The van der Waals surface area contributed by atoms with Gasteiger partial charge in [-0.1, -0.05) is 19.8 Å². The van der Waals surface area contributed by atoms with E-state index < -0.39 is 40.6 Å². The first kappa shape index (κ1) is 21.4. The predicted molar refractivity (Wildman–Crippen MR) is 93.6 cm³/mol. The summed E-state index contributed by atoms with van der Waals surface area (Å²) in [7, 11) is -3.77. The van der Waals surface area contributed by atoms with Crippen LogP contribution in [0.15, 0.2) is 28.0 Å². The average molecular weight is 383 g/mol. The molecule has 0 radical (unpaired) electrons. The smallest absolute Gasteiger partial charge is 0.326 e. The monoisotopic (exact) mass is 383 g/mol. The third kappa shape index (κ3) is 5.72. The summed E-state index contributed by atoms with van der Waals surface area (Å²) in [5.41, 5.74) is -0.572. The second-order valence-electron chi connectivity index (χ2n) is 5.06. The molecule has 1 heterocycles. The fourth-order valence-electron chi connectivity index (χ4n) is 2.03. The predicted octanol–water partition coefficient (Wildman–Crippen LogP) is -0.829. The molecule has 0 aliphatic heterocycles. The van der Waals surface area contributed by atoms with Crippen LogP contribution in [0.4, 0.5) is 0 Å². The molecule has 26 heavy (non-hydrogen) atoms. The highest BCUT2D eigenvalue weighted by Crippen LogP contribution is 2.13. The Morgan fingerprint density at radius 2 is 1.96 bits per heavy atom. The van der Waals surface area contributed by atoms with Gasteiger partial charge >= 0.3 is 5.97 Å². The molecule has 0 unspecified atom stereocenters. The fourth-order valence-corrected chi connectivity index (χ4v) is 3.51. The van der Waals surface area contributed by atoms with Crippen LogP contribution in [0, 0.1) is 12.3 Å². The number of sulfonamides is 1. The van der Waals surface area contributed by atoms with E-state index >= 15 is 0 Å². The highest BCUT2D eigenvalue weighted by atomic mass is 32.2. The molecule has 142 valence electrons. The molecule has 9 nitrogen and oxygen atoms in total. The highest BCUT2D eigenvalue weighted by Gasteiger charge is 2.22. The van der Waals surface area contributed by atoms with Crippen LogP contribution >= 0.6 is 0 Å². The van der Waals surface area contributed by atoms with Crippen molar-refractivity contribution in [3.63, 3.8) is 0 Å². The number of pyridine rings is 1. The zero-order chi connectivity index (χ0) is 19.7. The number of amides is 1. The zero-order valence-electron chi connectivity index (χ0n) is 14.6. The summed E-state index contributed by atoms with van der Waals surface area (Å²) in [6, 6.07) is 2.24. The summed E-state index contributed by atoms with van der Waals surface area (Å²) >= 11 is 0. The Morgan fingerprint density at radius 3 is 2.54 bits per heavy atom. The van der Waals surface area contributed by atoms with Crippen LogP contribution in [0.5, 0.6) is 0 Å². The first-order valence-electron chi connectivity index (χ1n) is 7.82. The Labute approximate surface area is 152 Å². The van der Waals surface area contributed by atoms with Crippen LogP contribution in [0.2, 0.25) is 0 Å². The molecule has 0 aromatic carbocycles. The van der Waals surface area contributed by atoms with Gasteiger partial charge in [-0.15, -0.1) is 6.42 Å². The van der Waals surface area contributed by atoms with Gasteiger partial charge in [-0.25, -0.2) is 8.42 Å². The van der Waals surface area contributed by atoms with E-state index in [-0.39, 0.29) is 24.5 Å². The molecule has 10 heteroatoms. The zero-order valence-corrected chi connectivity index (χ0v) is 15.4. The average Bonchev–Trinajstić information content (AvgIpc) is 2.60. The van der Waals surface area contributed by atoms with Gasteiger partial charge in [0.15, 0.2) is 6.61 Å². The number of hydrogen-bond acceptors (Lipinski definition) is 6. The van der Waals surface area contributed by atoms with Gasteiger partial charge in [0.2, 0.25) is 10.0 Å². The van der Waals surface area contributed by atoms with Crippen molar-refractivity contribution in [2.45, 2.75) is 25.3 Å². The number of carbonyl (C=O) groups excluding carboxylic acids is 2. The number of ether oxygens (including phenoxy) is 1. The van der Waals surface area contributed by atoms with Gasteiger partial charge in [-0.2, -0.15) is 4.31 Å². The molecule has 0 spiro atoms. The second-order valence-corrected chi connectivity index (χ2v) is 7.00. The van der Waals surface area contributed by atoms with Crippen LogP contribution in [0.25, 0.3) is 0 Å². The van der Waals surface area contributed by atoms with Gasteiger partial charge in [0, 0.05) is 25.4 Å². The molecular weight excluding hydrogens is 362 g/mol. The van der Waals surface area contributed by atoms with Crippen LogP contribution in [0.3, 0.4) is 0 Å². The van der Waals surface area contributed by atoms with Crippen molar-refractivity contribution in [2.24, 2.45) is 0 Å². The lowest BCUT2D eigenvalue weighted by molar-refractivity contribution is -0.149. The molecule has 0 bridgehead atoms. The molecule has 1 rings (SSSR count). The fraction of sp³-hybridized carbons (Fsp3) is 0.438. The number of rotatable bonds is 9. The van der Waals surface area contributed by atoms with Crippen molar-refractivity contribution in [2.75, 3.05) is 26.2 Å². The van der Waals surface area contributed by atoms with Gasteiger partial charge in [-0.05, 0) is 6.07 Å². The molecule has 0 aliphatic carbocycles. The molecule has 0 saturated carbocycles. The molecule has 0 atom stereocenters. The number of terminal acetylenes is 1. The van der Waals surface area contributed by atoms with E-state index in [1.54, 1.807) is 13.8 Å². The lowest BCUT2D eigenvalue weighted by Crippen LogP contribution is -2.33. The summed E-state index contributed by atoms with van der Waals surface area (Å²) in [5, 5.41) is 2.31. The van der Waals surface area contributed by atoms with Gasteiger partial charge in [0.05, 0.1) is 11.4 Å². The van der Waals surface area contributed by atoms with Crippen LogP contribution in [-0.4, -0.2) is 55.4 Å². The third-order valence-electron chi connectivity index (χ3n) is 3.35. The Balaban J connectivity index is 2.88. The summed E-state index contributed by atoms with van der Waals surface area (Å²) in [6.07, 6.45) is 6.06. The Morgan fingerprint density at radius 1 is 1.31 bits per heavy atom. The Hall–Kier alpha value is -2.64. The minimum absolute atomic E-state index is 0.00110. The maximum Gasteiger partial charge on any atom is 0.326 e. The van der Waals surface area contributed by atoms with Crippen molar-refractivity contribution < 1.29 is 22.7 Å². The first-order valence-corrected chi connectivity index (χ1v) is 9.26. The van der Waals surface area contributed by atoms with Crippen molar-refractivity contribution in [3.05, 3.63) is 28.7 Å². The summed E-state index contributed by atoms with van der Waals surface area (Å²) in [6.45, 7) is 2.86. The molecular formula is C16H21N3O6S. The number of aromatic nitrogens is 1. The number of nitrogens with zero attached hydrogens (tertiary/aromatic N) is 2. The lowest BCUT2D eigenvalue weighted by Gasteiger charge is -2.18. The standard InChI is InChI=1S/C16H21N3O6S/c1-4-9-17-14(20)12-25-16(22)11-18-10-13(7-8-15(18)21)26(23,24)19(5-2)6-3/h1,7-8,10H,5-6,9,11-12H2,2-3H3,(H,17,20).